The second-order valence-corrected chi connectivity index (χ2v) is 11.2. The van der Waals surface area contributed by atoms with Crippen molar-refractivity contribution in [2.45, 2.75) is 38.0 Å². The molecule has 0 saturated carbocycles. The van der Waals surface area contributed by atoms with E-state index in [0.717, 1.165) is 10.5 Å². The number of anilines is 2. The number of hydrogen-bond donors (Lipinski definition) is 1. The smallest absolute Gasteiger partial charge is 0.268 e. The van der Waals surface area contributed by atoms with Gasteiger partial charge in [0, 0.05) is 5.56 Å². The third kappa shape index (κ3) is 4.26. The molecule has 182 valence electrons. The highest BCUT2D eigenvalue weighted by Crippen LogP contribution is 2.39. The molecule has 3 aromatic rings. The number of fused-ring (bicyclic) bond motifs is 1. The minimum Gasteiger partial charge on any atom is -0.495 e. The number of nitrogens with zero attached hydrogens (tertiary/aromatic N) is 2. The monoisotopic (exact) mass is 513 g/mol. The number of carbonyl (C=O) groups is 2. The maximum atomic E-state index is 13.5. The molecule has 0 atom stereocenters. The first-order valence-electron chi connectivity index (χ1n) is 10.7. The molecule has 2 heterocycles. The number of benzene rings is 2. The maximum Gasteiger partial charge on any atom is 0.268 e. The van der Waals surface area contributed by atoms with Crippen molar-refractivity contribution in [2.75, 3.05) is 16.7 Å². The lowest BCUT2D eigenvalue weighted by Crippen LogP contribution is -2.30. The lowest BCUT2D eigenvalue weighted by molar-refractivity contribution is 0.0926. The van der Waals surface area contributed by atoms with Gasteiger partial charge in [-0.05, 0) is 42.2 Å². The van der Waals surface area contributed by atoms with Crippen molar-refractivity contribution in [3.8, 4) is 5.75 Å². The van der Waals surface area contributed by atoms with Crippen LogP contribution >= 0.6 is 11.6 Å². The van der Waals surface area contributed by atoms with Crippen molar-refractivity contribution in [3.05, 3.63) is 76.1 Å². The van der Waals surface area contributed by atoms with E-state index < -0.39 is 21.8 Å². The van der Waals surface area contributed by atoms with Crippen LogP contribution in [0.3, 0.4) is 0 Å². The van der Waals surface area contributed by atoms with Gasteiger partial charge in [-0.15, -0.1) is 0 Å². The van der Waals surface area contributed by atoms with E-state index in [0.29, 0.717) is 11.3 Å². The van der Waals surface area contributed by atoms with E-state index in [1.165, 1.54) is 43.8 Å². The van der Waals surface area contributed by atoms with Gasteiger partial charge in [-0.1, -0.05) is 44.5 Å². The number of nitrogens with one attached hydrogen (secondary N) is 1. The molecule has 35 heavy (non-hydrogen) atoms. The second kappa shape index (κ2) is 8.66. The quantitative estimate of drug-likeness (QED) is 0.484. The SMILES string of the molecule is COc1cncc(N2C(=O)c3c(Cl)ccc(NS(=O)(=O)c4ccc(C(C)(C)C)cc4)c3C2=O)c1C. The van der Waals surface area contributed by atoms with Gasteiger partial charge in [0.2, 0.25) is 0 Å². The summed E-state index contributed by atoms with van der Waals surface area (Å²) in [5.41, 5.74) is 1.33. The van der Waals surface area contributed by atoms with Crippen LogP contribution in [-0.4, -0.2) is 32.3 Å². The number of halogens is 1. The summed E-state index contributed by atoms with van der Waals surface area (Å²) in [4.78, 5) is 31.7. The van der Waals surface area contributed by atoms with Crippen LogP contribution < -0.4 is 14.4 Å². The van der Waals surface area contributed by atoms with E-state index in [9.17, 15) is 18.0 Å². The molecule has 0 radical (unpaired) electrons. The summed E-state index contributed by atoms with van der Waals surface area (Å²) in [5.74, 6) is -1.00. The number of imide groups is 1. The Labute approximate surface area is 208 Å². The number of carbonyl (C=O) groups excluding carboxylic acids is 2. The first kappa shape index (κ1) is 24.7. The summed E-state index contributed by atoms with van der Waals surface area (Å²) in [6.07, 6.45) is 2.84. The van der Waals surface area contributed by atoms with Gasteiger partial charge in [-0.3, -0.25) is 19.3 Å². The standard InChI is InChI=1S/C25H24ClN3O5S/c1-14-19(12-27-13-20(14)34-5)29-23(30)21-17(26)10-11-18(22(21)24(29)31)28-35(32,33)16-8-6-15(7-9-16)25(2,3)4/h6-13,28H,1-5H3. The second-order valence-electron chi connectivity index (χ2n) is 9.16. The van der Waals surface area contributed by atoms with E-state index in [2.05, 4.69) is 9.71 Å². The van der Waals surface area contributed by atoms with Gasteiger partial charge in [-0.25, -0.2) is 13.3 Å². The predicted molar refractivity (Wildman–Crippen MR) is 134 cm³/mol. The Hall–Kier alpha value is -3.43. The molecule has 10 heteroatoms. The molecule has 2 amide bonds. The third-order valence-corrected chi connectivity index (χ3v) is 7.56. The van der Waals surface area contributed by atoms with Crippen molar-refractivity contribution >= 4 is 44.8 Å². The number of sulfonamides is 1. The van der Waals surface area contributed by atoms with Crippen LogP contribution in [0.1, 0.15) is 52.6 Å². The summed E-state index contributed by atoms with van der Waals surface area (Å²) in [6.45, 7) is 7.77. The van der Waals surface area contributed by atoms with Gasteiger partial charge in [-0.2, -0.15) is 0 Å². The Kier molecular flexibility index (Phi) is 6.11. The maximum absolute atomic E-state index is 13.5. The Morgan fingerprint density at radius 1 is 0.971 bits per heavy atom. The number of hydrogen-bond acceptors (Lipinski definition) is 6. The summed E-state index contributed by atoms with van der Waals surface area (Å²) in [7, 11) is -2.61. The van der Waals surface area contributed by atoms with Gasteiger partial charge in [0.15, 0.2) is 0 Å². The van der Waals surface area contributed by atoms with E-state index in [1.54, 1.807) is 19.1 Å². The molecule has 0 bridgehead atoms. The number of ether oxygens (including phenoxy) is 1. The molecule has 1 aliphatic heterocycles. The topological polar surface area (TPSA) is 106 Å². The normalized spacial score (nSPS) is 13.7. The zero-order valence-electron chi connectivity index (χ0n) is 19.8. The van der Waals surface area contributed by atoms with Gasteiger partial charge in [0.1, 0.15) is 5.75 Å². The van der Waals surface area contributed by atoms with E-state index in [4.69, 9.17) is 16.3 Å². The number of methoxy groups -OCH3 is 1. The van der Waals surface area contributed by atoms with Crippen molar-refractivity contribution in [1.29, 1.82) is 0 Å². The number of amides is 2. The largest absolute Gasteiger partial charge is 0.495 e. The Balaban J connectivity index is 1.76. The van der Waals surface area contributed by atoms with Crippen LogP contribution in [0.25, 0.3) is 0 Å². The lowest BCUT2D eigenvalue weighted by Gasteiger charge is -2.19. The fourth-order valence-corrected chi connectivity index (χ4v) is 5.20. The average Bonchev–Trinajstić information content (AvgIpc) is 3.06. The first-order valence-corrected chi connectivity index (χ1v) is 12.6. The van der Waals surface area contributed by atoms with Crippen molar-refractivity contribution in [3.63, 3.8) is 0 Å². The van der Waals surface area contributed by atoms with Crippen LogP contribution in [0, 0.1) is 6.92 Å². The minimum atomic E-state index is -4.06. The molecule has 4 rings (SSSR count). The molecule has 0 saturated heterocycles. The van der Waals surface area contributed by atoms with Crippen molar-refractivity contribution in [2.24, 2.45) is 0 Å². The van der Waals surface area contributed by atoms with E-state index in [1.807, 2.05) is 20.8 Å². The molecule has 0 spiro atoms. The Bertz CT molecular complexity index is 1460. The molecule has 1 aromatic heterocycles. The van der Waals surface area contributed by atoms with Gasteiger partial charge >= 0.3 is 0 Å². The fraction of sp³-hybridized carbons (Fsp3) is 0.240. The van der Waals surface area contributed by atoms with Gasteiger partial charge in [0.25, 0.3) is 21.8 Å². The summed E-state index contributed by atoms with van der Waals surface area (Å²) in [6, 6.07) is 9.25. The highest BCUT2D eigenvalue weighted by molar-refractivity contribution is 7.92. The summed E-state index contributed by atoms with van der Waals surface area (Å²) >= 11 is 6.28. The van der Waals surface area contributed by atoms with Crippen LogP contribution in [0.4, 0.5) is 11.4 Å². The summed E-state index contributed by atoms with van der Waals surface area (Å²) in [5, 5.41) is 0.0341. The van der Waals surface area contributed by atoms with Crippen LogP contribution in [0.2, 0.25) is 5.02 Å². The fourth-order valence-electron chi connectivity index (χ4n) is 3.89. The molecule has 8 nitrogen and oxygen atoms in total. The molecule has 0 aliphatic carbocycles. The first-order chi connectivity index (χ1) is 16.4. The number of aromatic nitrogens is 1. The molecule has 2 aromatic carbocycles. The molecule has 0 fully saturated rings. The van der Waals surface area contributed by atoms with Gasteiger partial charge < -0.3 is 4.74 Å². The highest BCUT2D eigenvalue weighted by atomic mass is 35.5. The van der Waals surface area contributed by atoms with Crippen molar-refractivity contribution in [1.82, 2.24) is 4.98 Å². The third-order valence-electron chi connectivity index (χ3n) is 5.87. The lowest BCUT2D eigenvalue weighted by atomic mass is 9.87. The van der Waals surface area contributed by atoms with Crippen LogP contribution in [0.15, 0.2) is 53.7 Å². The van der Waals surface area contributed by atoms with Crippen LogP contribution in [-0.2, 0) is 15.4 Å². The van der Waals surface area contributed by atoms with E-state index in [-0.39, 0.29) is 37.8 Å². The predicted octanol–water partition coefficient (Wildman–Crippen LogP) is 4.95. The Morgan fingerprint density at radius 2 is 1.60 bits per heavy atom. The van der Waals surface area contributed by atoms with Crippen LogP contribution in [0.5, 0.6) is 5.75 Å². The molecule has 0 unspecified atom stereocenters. The number of rotatable bonds is 5. The Morgan fingerprint density at radius 3 is 2.20 bits per heavy atom. The van der Waals surface area contributed by atoms with Crippen molar-refractivity contribution < 1.29 is 22.7 Å². The average molecular weight is 514 g/mol. The summed E-state index contributed by atoms with van der Waals surface area (Å²) < 4.78 is 34.0. The zero-order valence-corrected chi connectivity index (χ0v) is 21.4. The molecular formula is C25H24ClN3O5S. The highest BCUT2D eigenvalue weighted by Gasteiger charge is 2.42. The van der Waals surface area contributed by atoms with E-state index >= 15 is 0 Å². The number of pyridine rings is 1. The zero-order chi connectivity index (χ0) is 25.7. The molecule has 1 N–H and O–H groups in total. The molecular weight excluding hydrogens is 490 g/mol. The molecule has 1 aliphatic rings. The minimum absolute atomic E-state index is 0.0238. The van der Waals surface area contributed by atoms with Gasteiger partial charge in [0.05, 0.1) is 51.9 Å².